The second-order valence-electron chi connectivity index (χ2n) is 3.93. The maximum absolute atomic E-state index is 11.0. The van der Waals surface area contributed by atoms with Crippen LogP contribution in [0.3, 0.4) is 0 Å². The minimum Gasteiger partial charge on any atom is -0.494 e. The monoisotopic (exact) mass is 204 g/mol. The van der Waals surface area contributed by atoms with Crippen molar-refractivity contribution in [1.82, 2.24) is 0 Å². The van der Waals surface area contributed by atoms with Gasteiger partial charge >= 0.3 is 0 Å². The van der Waals surface area contributed by atoms with Gasteiger partial charge in [-0.25, -0.2) is 0 Å². The van der Waals surface area contributed by atoms with Crippen molar-refractivity contribution in [2.45, 2.75) is 32.1 Å². The van der Waals surface area contributed by atoms with Crippen LogP contribution in [-0.2, 0) is 11.2 Å². The molecule has 0 bridgehead atoms. The third-order valence-electron chi connectivity index (χ3n) is 2.95. The number of carbonyl (C=O) groups excluding carboxylic acids is 1. The smallest absolute Gasteiger partial charge is 0.127 e. The van der Waals surface area contributed by atoms with E-state index in [1.165, 1.54) is 11.1 Å². The van der Waals surface area contributed by atoms with Gasteiger partial charge in [-0.3, -0.25) is 0 Å². The maximum atomic E-state index is 11.0. The number of aryl methyl sites for hydroxylation is 1. The molecule has 0 fully saturated rings. The molecule has 2 heteroatoms. The fourth-order valence-electron chi connectivity index (χ4n) is 2.21. The molecule has 1 aliphatic rings. The summed E-state index contributed by atoms with van der Waals surface area (Å²) in [7, 11) is 0. The summed E-state index contributed by atoms with van der Waals surface area (Å²) < 4.78 is 5.45. The Hall–Kier alpha value is -1.31. The first-order valence-corrected chi connectivity index (χ1v) is 5.56. The summed E-state index contributed by atoms with van der Waals surface area (Å²) in [5.41, 5.74) is 2.48. The summed E-state index contributed by atoms with van der Waals surface area (Å²) in [6, 6.07) is 6.11. The summed E-state index contributed by atoms with van der Waals surface area (Å²) in [5, 5.41) is 0. The van der Waals surface area contributed by atoms with E-state index in [1.807, 2.05) is 19.1 Å². The Bertz CT molecular complexity index is 358. The third kappa shape index (κ3) is 2.04. The van der Waals surface area contributed by atoms with E-state index in [-0.39, 0.29) is 5.92 Å². The molecule has 1 aromatic rings. The zero-order valence-corrected chi connectivity index (χ0v) is 9.03. The predicted molar refractivity (Wildman–Crippen MR) is 59.4 cm³/mol. The van der Waals surface area contributed by atoms with Gasteiger partial charge < -0.3 is 9.53 Å². The van der Waals surface area contributed by atoms with E-state index in [2.05, 4.69) is 6.07 Å². The summed E-state index contributed by atoms with van der Waals surface area (Å²) in [4.78, 5) is 11.0. The van der Waals surface area contributed by atoms with Crippen LogP contribution in [0.1, 0.15) is 36.8 Å². The highest BCUT2D eigenvalue weighted by Crippen LogP contribution is 2.32. The van der Waals surface area contributed by atoms with E-state index in [9.17, 15) is 4.79 Å². The van der Waals surface area contributed by atoms with Gasteiger partial charge in [0, 0.05) is 5.92 Å². The second-order valence-corrected chi connectivity index (χ2v) is 3.93. The van der Waals surface area contributed by atoms with Crippen LogP contribution < -0.4 is 4.74 Å². The lowest BCUT2D eigenvalue weighted by Crippen LogP contribution is -2.11. The zero-order valence-electron chi connectivity index (χ0n) is 9.03. The molecule has 0 amide bonds. The number of hydrogen-bond donors (Lipinski definition) is 0. The van der Waals surface area contributed by atoms with Gasteiger partial charge in [0.15, 0.2) is 0 Å². The third-order valence-corrected chi connectivity index (χ3v) is 2.95. The number of rotatable bonds is 3. The van der Waals surface area contributed by atoms with E-state index in [4.69, 9.17) is 4.74 Å². The summed E-state index contributed by atoms with van der Waals surface area (Å²) in [5.74, 6) is 0.958. The molecule has 2 rings (SSSR count). The lowest BCUT2D eigenvalue weighted by molar-refractivity contribution is -0.109. The molecule has 1 unspecified atom stereocenters. The molecule has 0 saturated carbocycles. The fraction of sp³-hybridized carbons (Fsp3) is 0.462. The van der Waals surface area contributed by atoms with E-state index in [0.717, 1.165) is 31.3 Å². The molecule has 0 aromatic heterocycles. The highest BCUT2D eigenvalue weighted by molar-refractivity contribution is 5.64. The van der Waals surface area contributed by atoms with Crippen LogP contribution in [0.2, 0.25) is 0 Å². The minimum atomic E-state index is 0.0779. The van der Waals surface area contributed by atoms with Gasteiger partial charge in [-0.05, 0) is 49.4 Å². The molecule has 0 N–H and O–H groups in total. The van der Waals surface area contributed by atoms with Crippen LogP contribution in [0.5, 0.6) is 5.75 Å². The van der Waals surface area contributed by atoms with Gasteiger partial charge in [-0.2, -0.15) is 0 Å². The lowest BCUT2D eigenvalue weighted by Gasteiger charge is -2.21. The molecule has 0 saturated heterocycles. The minimum absolute atomic E-state index is 0.0779. The summed E-state index contributed by atoms with van der Waals surface area (Å²) >= 11 is 0. The van der Waals surface area contributed by atoms with Gasteiger partial charge in [-0.15, -0.1) is 0 Å². The molecule has 15 heavy (non-hydrogen) atoms. The standard InChI is InChI=1S/C13H16O2/c1-2-15-12-7-6-10-4-3-5-11(9-14)13(10)8-12/h6-9,11H,2-5H2,1H3. The summed E-state index contributed by atoms with van der Waals surface area (Å²) in [6.07, 6.45) is 4.25. The molecule has 0 aliphatic heterocycles. The van der Waals surface area contributed by atoms with Crippen LogP contribution >= 0.6 is 0 Å². The van der Waals surface area contributed by atoms with Gasteiger partial charge in [0.2, 0.25) is 0 Å². The first-order chi connectivity index (χ1) is 7.35. The first-order valence-electron chi connectivity index (χ1n) is 5.56. The maximum Gasteiger partial charge on any atom is 0.127 e. The second kappa shape index (κ2) is 4.47. The van der Waals surface area contributed by atoms with Crippen molar-refractivity contribution in [2.75, 3.05) is 6.61 Å². The number of carbonyl (C=O) groups is 1. The lowest BCUT2D eigenvalue weighted by atomic mass is 9.83. The Kier molecular flexibility index (Phi) is 3.05. The Labute approximate surface area is 90.3 Å². The van der Waals surface area contributed by atoms with E-state index < -0.39 is 0 Å². The van der Waals surface area contributed by atoms with Crippen molar-refractivity contribution in [3.05, 3.63) is 29.3 Å². The largest absolute Gasteiger partial charge is 0.494 e. The number of benzene rings is 1. The van der Waals surface area contributed by atoms with Crippen molar-refractivity contribution in [1.29, 1.82) is 0 Å². The topological polar surface area (TPSA) is 26.3 Å². The quantitative estimate of drug-likeness (QED) is 0.707. The zero-order chi connectivity index (χ0) is 10.7. The molecule has 0 spiro atoms. The van der Waals surface area contributed by atoms with Crippen LogP contribution in [0.25, 0.3) is 0 Å². The van der Waals surface area contributed by atoms with Crippen molar-refractivity contribution in [3.63, 3.8) is 0 Å². The average Bonchev–Trinajstić information content (AvgIpc) is 2.28. The molecular formula is C13H16O2. The number of fused-ring (bicyclic) bond motifs is 1. The van der Waals surface area contributed by atoms with Gasteiger partial charge in [-0.1, -0.05) is 6.07 Å². The molecule has 1 atom stereocenters. The molecule has 2 nitrogen and oxygen atoms in total. The highest BCUT2D eigenvalue weighted by Gasteiger charge is 2.19. The number of hydrogen-bond acceptors (Lipinski definition) is 2. The van der Waals surface area contributed by atoms with Crippen LogP contribution in [0, 0.1) is 0 Å². The van der Waals surface area contributed by atoms with E-state index >= 15 is 0 Å². The number of ether oxygens (including phenoxy) is 1. The highest BCUT2D eigenvalue weighted by atomic mass is 16.5. The first kappa shape index (κ1) is 10.2. The Morgan fingerprint density at radius 1 is 1.53 bits per heavy atom. The SMILES string of the molecule is CCOc1ccc2c(c1)C(C=O)CCC2. The number of aldehydes is 1. The Balaban J connectivity index is 2.34. The molecule has 1 aromatic carbocycles. The predicted octanol–water partition coefficient (Wildman–Crippen LogP) is 2.70. The Morgan fingerprint density at radius 2 is 2.40 bits per heavy atom. The van der Waals surface area contributed by atoms with Crippen molar-refractivity contribution >= 4 is 6.29 Å². The molecule has 0 radical (unpaired) electrons. The van der Waals surface area contributed by atoms with Gasteiger partial charge in [0.25, 0.3) is 0 Å². The van der Waals surface area contributed by atoms with Crippen molar-refractivity contribution in [2.24, 2.45) is 0 Å². The normalized spacial score (nSPS) is 19.4. The fourth-order valence-corrected chi connectivity index (χ4v) is 2.21. The average molecular weight is 204 g/mol. The van der Waals surface area contributed by atoms with Crippen molar-refractivity contribution < 1.29 is 9.53 Å². The van der Waals surface area contributed by atoms with Gasteiger partial charge in [0.05, 0.1) is 6.61 Å². The van der Waals surface area contributed by atoms with Crippen LogP contribution in [-0.4, -0.2) is 12.9 Å². The summed E-state index contributed by atoms with van der Waals surface area (Å²) in [6.45, 7) is 2.64. The van der Waals surface area contributed by atoms with Crippen LogP contribution in [0.4, 0.5) is 0 Å². The molecule has 1 aliphatic carbocycles. The van der Waals surface area contributed by atoms with Crippen LogP contribution in [0.15, 0.2) is 18.2 Å². The molecule has 80 valence electrons. The van der Waals surface area contributed by atoms with Crippen molar-refractivity contribution in [3.8, 4) is 5.75 Å². The van der Waals surface area contributed by atoms with E-state index in [0.29, 0.717) is 6.61 Å². The van der Waals surface area contributed by atoms with Gasteiger partial charge in [0.1, 0.15) is 12.0 Å². The van der Waals surface area contributed by atoms with E-state index in [1.54, 1.807) is 0 Å². The molecular weight excluding hydrogens is 188 g/mol. The molecule has 0 heterocycles. The Morgan fingerprint density at radius 3 is 3.13 bits per heavy atom.